The number of esters is 1. The molecule has 0 saturated carbocycles. The van der Waals surface area contributed by atoms with Crippen LogP contribution in [0, 0.1) is 11.8 Å². The lowest BCUT2D eigenvalue weighted by Gasteiger charge is -2.37. The summed E-state index contributed by atoms with van der Waals surface area (Å²) in [7, 11) is 0. The Hall–Kier alpha value is -2.74. The lowest BCUT2D eigenvalue weighted by Crippen LogP contribution is -2.51. The third kappa shape index (κ3) is 4.79. The number of piperazine rings is 1. The van der Waals surface area contributed by atoms with Crippen molar-refractivity contribution < 1.29 is 19.1 Å². The summed E-state index contributed by atoms with van der Waals surface area (Å²) < 4.78 is 5.66. The summed E-state index contributed by atoms with van der Waals surface area (Å²) in [6, 6.07) is 5.88. The van der Waals surface area contributed by atoms with E-state index < -0.39 is 6.10 Å². The first kappa shape index (κ1) is 21.5. The molecule has 8 heteroatoms. The molecule has 1 unspecified atom stereocenters. The fraction of sp³-hybridized carbons (Fsp3) is 0.565. The van der Waals surface area contributed by atoms with Gasteiger partial charge < -0.3 is 9.64 Å². The number of pyridine rings is 1. The number of rotatable bonds is 7. The monoisotopic (exact) mass is 426 g/mol. The third-order valence-electron chi connectivity index (χ3n) is 6.38. The van der Waals surface area contributed by atoms with Gasteiger partial charge in [0.25, 0.3) is 0 Å². The number of hydrogen-bond acceptors (Lipinski definition) is 7. The zero-order valence-electron chi connectivity index (χ0n) is 18.0. The molecule has 31 heavy (non-hydrogen) atoms. The number of allylic oxidation sites excluding steroid dienone is 2. The Kier molecular flexibility index (Phi) is 6.65. The molecule has 166 valence electrons. The van der Waals surface area contributed by atoms with Gasteiger partial charge in [-0.1, -0.05) is 25.1 Å². The second-order valence-corrected chi connectivity index (χ2v) is 8.38. The molecule has 0 N–H and O–H groups in total. The number of amides is 2. The van der Waals surface area contributed by atoms with Gasteiger partial charge in [0, 0.05) is 45.3 Å². The highest BCUT2D eigenvalue weighted by atomic mass is 16.5. The van der Waals surface area contributed by atoms with E-state index in [4.69, 9.17) is 4.74 Å². The Labute approximate surface area is 182 Å². The van der Waals surface area contributed by atoms with Crippen LogP contribution in [0.25, 0.3) is 0 Å². The van der Waals surface area contributed by atoms with Crippen LogP contribution in [0.1, 0.15) is 26.2 Å². The maximum Gasteiger partial charge on any atom is 0.305 e. The summed E-state index contributed by atoms with van der Waals surface area (Å²) in [5.41, 5.74) is 0. The minimum absolute atomic E-state index is 0.128. The molecule has 1 aromatic rings. The van der Waals surface area contributed by atoms with Crippen molar-refractivity contribution in [2.75, 3.05) is 44.2 Å². The van der Waals surface area contributed by atoms with Gasteiger partial charge in [-0.25, -0.2) is 4.98 Å². The van der Waals surface area contributed by atoms with Crippen LogP contribution in [0.4, 0.5) is 5.82 Å². The normalized spacial score (nSPS) is 24.9. The van der Waals surface area contributed by atoms with E-state index in [2.05, 4.69) is 14.8 Å². The molecule has 2 saturated heterocycles. The van der Waals surface area contributed by atoms with Gasteiger partial charge in [0.2, 0.25) is 11.8 Å². The van der Waals surface area contributed by atoms with Crippen molar-refractivity contribution >= 4 is 23.6 Å². The van der Waals surface area contributed by atoms with Gasteiger partial charge in [0.15, 0.2) is 0 Å². The first-order chi connectivity index (χ1) is 15.1. The number of aromatic nitrogens is 1. The van der Waals surface area contributed by atoms with Crippen LogP contribution >= 0.6 is 0 Å². The van der Waals surface area contributed by atoms with Gasteiger partial charge in [0.05, 0.1) is 18.4 Å². The SMILES string of the molecule is CCC(=O)OC(CN1CCN(c2ccccn2)CC1)CN1C(=O)[C@H]2CC=CC[C@H]2C1=O. The van der Waals surface area contributed by atoms with Gasteiger partial charge in [-0.05, 0) is 25.0 Å². The first-order valence-corrected chi connectivity index (χ1v) is 11.1. The lowest BCUT2D eigenvalue weighted by molar-refractivity contribution is -0.155. The molecule has 1 aromatic heterocycles. The molecule has 0 bridgehead atoms. The predicted octanol–water partition coefficient (Wildman–Crippen LogP) is 1.48. The number of hydrogen-bond donors (Lipinski definition) is 0. The fourth-order valence-electron chi connectivity index (χ4n) is 4.64. The number of carbonyl (C=O) groups is 3. The molecule has 3 atom stereocenters. The first-order valence-electron chi connectivity index (χ1n) is 11.1. The minimum atomic E-state index is -0.519. The van der Waals surface area contributed by atoms with E-state index in [1.807, 2.05) is 30.4 Å². The summed E-state index contributed by atoms with van der Waals surface area (Å²) in [5, 5.41) is 0. The summed E-state index contributed by atoms with van der Waals surface area (Å²) in [4.78, 5) is 47.9. The topological polar surface area (TPSA) is 83.1 Å². The molecule has 2 fully saturated rings. The molecular weight excluding hydrogens is 396 g/mol. The van der Waals surface area contributed by atoms with Gasteiger partial charge in [-0.3, -0.25) is 24.2 Å². The van der Waals surface area contributed by atoms with E-state index in [9.17, 15) is 14.4 Å². The van der Waals surface area contributed by atoms with Crippen molar-refractivity contribution in [3.05, 3.63) is 36.5 Å². The highest BCUT2D eigenvalue weighted by Gasteiger charge is 2.48. The standard InChI is InChI=1S/C23H30N4O4/c1-2-21(28)31-17(16-27-22(29)18-7-3-4-8-19(18)23(27)30)15-25-11-13-26(14-12-25)20-9-5-6-10-24-20/h3-6,9-10,17-19H,2,7-8,11-16H2,1H3/t17?,18-,19+. The van der Waals surface area contributed by atoms with Crippen LogP contribution in [0.15, 0.2) is 36.5 Å². The van der Waals surface area contributed by atoms with E-state index >= 15 is 0 Å². The summed E-state index contributed by atoms with van der Waals surface area (Å²) >= 11 is 0. The van der Waals surface area contributed by atoms with Crippen molar-refractivity contribution in [2.45, 2.75) is 32.3 Å². The van der Waals surface area contributed by atoms with Crippen molar-refractivity contribution in [2.24, 2.45) is 11.8 Å². The van der Waals surface area contributed by atoms with E-state index in [1.165, 1.54) is 4.90 Å². The molecule has 0 radical (unpaired) electrons. The maximum atomic E-state index is 12.8. The van der Waals surface area contributed by atoms with E-state index in [0.717, 1.165) is 32.0 Å². The minimum Gasteiger partial charge on any atom is -0.459 e. The van der Waals surface area contributed by atoms with E-state index in [0.29, 0.717) is 19.4 Å². The zero-order chi connectivity index (χ0) is 21.8. The smallest absolute Gasteiger partial charge is 0.305 e. The average Bonchev–Trinajstić information content (AvgIpc) is 3.05. The molecule has 8 nitrogen and oxygen atoms in total. The molecule has 2 aliphatic heterocycles. The van der Waals surface area contributed by atoms with Crippen molar-refractivity contribution in [3.8, 4) is 0 Å². The second-order valence-electron chi connectivity index (χ2n) is 8.38. The largest absolute Gasteiger partial charge is 0.459 e. The molecule has 2 amide bonds. The Morgan fingerprint density at radius 2 is 1.74 bits per heavy atom. The Balaban J connectivity index is 1.38. The van der Waals surface area contributed by atoms with Crippen LogP contribution < -0.4 is 4.90 Å². The number of likely N-dealkylation sites (tertiary alicyclic amines) is 1. The maximum absolute atomic E-state index is 12.8. The molecule has 1 aliphatic carbocycles. The number of ether oxygens (including phenoxy) is 1. The molecule has 4 rings (SSSR count). The molecule has 0 spiro atoms. The van der Waals surface area contributed by atoms with Gasteiger partial charge >= 0.3 is 5.97 Å². The second kappa shape index (κ2) is 9.60. The highest BCUT2D eigenvalue weighted by molar-refractivity contribution is 6.05. The van der Waals surface area contributed by atoms with Crippen LogP contribution in [0.3, 0.4) is 0 Å². The fourth-order valence-corrected chi connectivity index (χ4v) is 4.64. The van der Waals surface area contributed by atoms with Crippen LogP contribution in [-0.4, -0.2) is 77.9 Å². The summed E-state index contributed by atoms with van der Waals surface area (Å²) in [6.07, 6.45) is 6.72. The van der Waals surface area contributed by atoms with Crippen LogP contribution in [0.5, 0.6) is 0 Å². The van der Waals surface area contributed by atoms with Gasteiger partial charge in [-0.2, -0.15) is 0 Å². The average molecular weight is 427 g/mol. The number of imide groups is 1. The number of carbonyl (C=O) groups excluding carboxylic acids is 3. The highest BCUT2D eigenvalue weighted by Crippen LogP contribution is 2.35. The van der Waals surface area contributed by atoms with E-state index in [1.54, 1.807) is 13.1 Å². The Morgan fingerprint density at radius 3 is 2.32 bits per heavy atom. The Bertz CT molecular complexity index is 809. The molecule has 0 aromatic carbocycles. The number of nitrogens with zero attached hydrogens (tertiary/aromatic N) is 4. The van der Waals surface area contributed by atoms with Crippen LogP contribution in [-0.2, 0) is 19.1 Å². The summed E-state index contributed by atoms with van der Waals surface area (Å²) in [5.74, 6) is -0.131. The van der Waals surface area contributed by atoms with Gasteiger partial charge in [-0.15, -0.1) is 0 Å². The quantitative estimate of drug-likeness (QED) is 0.371. The molecular formula is C23H30N4O4. The summed E-state index contributed by atoms with van der Waals surface area (Å²) in [6.45, 7) is 5.63. The lowest BCUT2D eigenvalue weighted by atomic mass is 9.85. The zero-order valence-corrected chi connectivity index (χ0v) is 18.0. The number of fused-ring (bicyclic) bond motifs is 1. The molecule has 3 heterocycles. The van der Waals surface area contributed by atoms with Crippen LogP contribution in [0.2, 0.25) is 0 Å². The Morgan fingerprint density at radius 1 is 1.06 bits per heavy atom. The van der Waals surface area contributed by atoms with Crippen molar-refractivity contribution in [1.82, 2.24) is 14.8 Å². The number of anilines is 1. The van der Waals surface area contributed by atoms with E-state index in [-0.39, 0.29) is 42.6 Å². The van der Waals surface area contributed by atoms with Crippen molar-refractivity contribution in [3.63, 3.8) is 0 Å². The predicted molar refractivity (Wildman–Crippen MR) is 115 cm³/mol. The van der Waals surface area contributed by atoms with Gasteiger partial charge in [0.1, 0.15) is 11.9 Å². The van der Waals surface area contributed by atoms with Crippen molar-refractivity contribution in [1.29, 1.82) is 0 Å². The molecule has 3 aliphatic rings. The third-order valence-corrected chi connectivity index (χ3v) is 6.38.